The average molecular weight is 613 g/mol. The summed E-state index contributed by atoms with van der Waals surface area (Å²) in [7, 11) is 0. The molecule has 2 aromatic carbocycles. The van der Waals surface area contributed by atoms with Crippen LogP contribution in [0.15, 0.2) is 137 Å². The van der Waals surface area contributed by atoms with Crippen molar-refractivity contribution in [3.05, 3.63) is 165 Å². The molecule has 0 saturated heterocycles. The van der Waals surface area contributed by atoms with Crippen LogP contribution in [0.4, 0.5) is 0 Å². The molecule has 8 aliphatic rings. The Labute approximate surface area is 280 Å². The van der Waals surface area contributed by atoms with Crippen molar-refractivity contribution in [1.29, 1.82) is 0 Å². The van der Waals surface area contributed by atoms with E-state index in [1.807, 2.05) is 0 Å². The Hall–Kier alpha value is -4.10. The fraction of sp³-hybridized carbons (Fsp3) is 0.348. The standard InChI is InChI=1S/C46H44O/c1-3-17-33-29(12-1)14-10-23-34(33)31-15-9-16-32(28-31)43-36-19-5-7-21-38(36)44(39-22-8-6-20-37(39)43)40-24-11-25-42-45(40)41-27-26-30-13-2-4-18-35(30)46(41)47-42/h3-8,11,16-27,31,36,38,42-45H,1-2,9-10,12-15,28H2. The van der Waals surface area contributed by atoms with Gasteiger partial charge in [-0.3, -0.25) is 0 Å². The second kappa shape index (κ2) is 11.3. The van der Waals surface area contributed by atoms with Crippen LogP contribution in [0, 0.1) is 17.8 Å². The normalized spacial score (nSPS) is 32.6. The Balaban J connectivity index is 1.04. The Morgan fingerprint density at radius 1 is 0.660 bits per heavy atom. The third-order valence-electron chi connectivity index (χ3n) is 12.7. The molecule has 234 valence electrons. The molecule has 7 unspecified atom stereocenters. The van der Waals surface area contributed by atoms with E-state index in [4.69, 9.17) is 4.74 Å². The number of hydrogen-bond acceptors (Lipinski definition) is 1. The van der Waals surface area contributed by atoms with Crippen molar-refractivity contribution in [2.75, 3.05) is 0 Å². The zero-order chi connectivity index (χ0) is 30.9. The molecule has 47 heavy (non-hydrogen) atoms. The highest BCUT2D eigenvalue weighted by molar-refractivity contribution is 5.69. The van der Waals surface area contributed by atoms with Crippen LogP contribution in [0.1, 0.15) is 96.9 Å². The lowest BCUT2D eigenvalue weighted by Crippen LogP contribution is -2.37. The van der Waals surface area contributed by atoms with Crippen LogP contribution in [-0.4, -0.2) is 6.10 Å². The predicted molar refractivity (Wildman–Crippen MR) is 194 cm³/mol. The van der Waals surface area contributed by atoms with Crippen LogP contribution in [0.5, 0.6) is 5.75 Å². The van der Waals surface area contributed by atoms with Crippen LogP contribution >= 0.6 is 0 Å². The third-order valence-corrected chi connectivity index (χ3v) is 12.7. The van der Waals surface area contributed by atoms with Crippen molar-refractivity contribution in [2.45, 2.75) is 81.6 Å². The zero-order valence-corrected chi connectivity index (χ0v) is 27.3. The van der Waals surface area contributed by atoms with E-state index >= 15 is 0 Å². The van der Waals surface area contributed by atoms with Crippen molar-refractivity contribution >= 4 is 6.08 Å². The minimum atomic E-state index is 0.0666. The summed E-state index contributed by atoms with van der Waals surface area (Å²) in [5.41, 5.74) is 15.4. The van der Waals surface area contributed by atoms with Gasteiger partial charge in [0.1, 0.15) is 11.9 Å². The molecule has 1 nitrogen and oxygen atoms in total. The van der Waals surface area contributed by atoms with Gasteiger partial charge in [0.05, 0.1) is 5.92 Å². The molecular weight excluding hydrogens is 569 g/mol. The van der Waals surface area contributed by atoms with Crippen LogP contribution in [0.2, 0.25) is 0 Å². The molecule has 10 rings (SSSR count). The van der Waals surface area contributed by atoms with Crippen LogP contribution in [0.3, 0.4) is 0 Å². The monoisotopic (exact) mass is 612 g/mol. The lowest BCUT2D eigenvalue weighted by Gasteiger charge is -2.47. The Morgan fingerprint density at radius 2 is 1.47 bits per heavy atom. The van der Waals surface area contributed by atoms with E-state index in [9.17, 15) is 0 Å². The maximum absolute atomic E-state index is 6.84. The zero-order valence-electron chi connectivity index (χ0n) is 27.3. The molecule has 0 saturated carbocycles. The predicted octanol–water partition coefficient (Wildman–Crippen LogP) is 11.3. The first kappa shape index (κ1) is 28.0. The van der Waals surface area contributed by atoms with Gasteiger partial charge in [-0.05, 0) is 109 Å². The molecule has 0 N–H and O–H groups in total. The van der Waals surface area contributed by atoms with Gasteiger partial charge in [-0.1, -0.05) is 126 Å². The second-order valence-electron chi connectivity index (χ2n) is 15.0. The molecule has 0 fully saturated rings. The van der Waals surface area contributed by atoms with Crippen molar-refractivity contribution in [3.8, 4) is 5.75 Å². The van der Waals surface area contributed by atoms with E-state index in [2.05, 4.69) is 115 Å². The molecule has 7 atom stereocenters. The summed E-state index contributed by atoms with van der Waals surface area (Å²) in [5, 5.41) is 0. The minimum absolute atomic E-state index is 0.0666. The summed E-state index contributed by atoms with van der Waals surface area (Å²) in [6.07, 6.45) is 42.5. The van der Waals surface area contributed by atoms with Crippen LogP contribution < -0.4 is 4.74 Å². The fourth-order valence-corrected chi connectivity index (χ4v) is 10.7. The molecule has 1 heterocycles. The Morgan fingerprint density at radius 3 is 2.38 bits per heavy atom. The molecule has 0 bridgehead atoms. The first-order chi connectivity index (χ1) is 23.3. The topological polar surface area (TPSA) is 9.23 Å². The molecule has 7 aliphatic carbocycles. The van der Waals surface area contributed by atoms with Gasteiger partial charge < -0.3 is 4.74 Å². The van der Waals surface area contributed by atoms with Crippen LogP contribution in [0.25, 0.3) is 6.08 Å². The maximum atomic E-state index is 6.84. The molecule has 0 aromatic heterocycles. The van der Waals surface area contributed by atoms with Gasteiger partial charge in [0.25, 0.3) is 0 Å². The van der Waals surface area contributed by atoms with E-state index in [-0.39, 0.29) is 12.0 Å². The van der Waals surface area contributed by atoms with Crippen molar-refractivity contribution < 1.29 is 4.74 Å². The van der Waals surface area contributed by atoms with Gasteiger partial charge in [0.2, 0.25) is 0 Å². The van der Waals surface area contributed by atoms with E-state index in [0.717, 1.165) is 18.6 Å². The summed E-state index contributed by atoms with van der Waals surface area (Å²) < 4.78 is 6.84. The molecule has 1 aliphatic heterocycles. The molecule has 0 amide bonds. The first-order valence-electron chi connectivity index (χ1n) is 18.4. The van der Waals surface area contributed by atoms with Crippen molar-refractivity contribution in [2.24, 2.45) is 17.8 Å². The summed E-state index contributed by atoms with van der Waals surface area (Å²) >= 11 is 0. The van der Waals surface area contributed by atoms with E-state index in [1.165, 1.54) is 72.8 Å². The second-order valence-corrected chi connectivity index (χ2v) is 15.0. The van der Waals surface area contributed by atoms with Crippen LogP contribution in [-0.2, 0) is 6.42 Å². The average Bonchev–Trinajstić information content (AvgIpc) is 3.53. The molecule has 1 heteroatoms. The van der Waals surface area contributed by atoms with Crippen molar-refractivity contribution in [1.82, 2.24) is 0 Å². The van der Waals surface area contributed by atoms with Crippen molar-refractivity contribution in [3.63, 3.8) is 0 Å². The fourth-order valence-electron chi connectivity index (χ4n) is 10.7. The smallest absolute Gasteiger partial charge is 0.131 e. The molecule has 2 aromatic rings. The van der Waals surface area contributed by atoms with E-state index < -0.39 is 0 Å². The number of aryl methyl sites for hydroxylation is 1. The van der Waals surface area contributed by atoms with Gasteiger partial charge in [0.15, 0.2) is 0 Å². The highest BCUT2D eigenvalue weighted by Gasteiger charge is 2.49. The number of allylic oxidation sites excluding steroid dienone is 15. The summed E-state index contributed by atoms with van der Waals surface area (Å²) in [5.74, 6) is 3.65. The number of ether oxygens (including phenoxy) is 1. The van der Waals surface area contributed by atoms with E-state index in [0.29, 0.717) is 29.6 Å². The SMILES string of the molecule is C1=CC2Oc3c(ccc4c3C=CCC4)C2C(C2c3ccccc3C(C3=CCCC(C4=CCCC5=C4C=CCC5)C3)C3C=CC=CC23)=C1. The third kappa shape index (κ3) is 4.42. The number of benzene rings is 2. The largest absolute Gasteiger partial charge is 0.484 e. The first-order valence-corrected chi connectivity index (χ1v) is 18.4. The van der Waals surface area contributed by atoms with Gasteiger partial charge in [0, 0.05) is 23.0 Å². The maximum Gasteiger partial charge on any atom is 0.131 e. The highest BCUT2D eigenvalue weighted by atomic mass is 16.5. The summed E-state index contributed by atoms with van der Waals surface area (Å²) in [4.78, 5) is 0. The summed E-state index contributed by atoms with van der Waals surface area (Å²) in [6, 6.07) is 14.3. The lowest BCUT2D eigenvalue weighted by molar-refractivity contribution is 0.253. The Bertz CT molecular complexity index is 1930. The van der Waals surface area contributed by atoms with Gasteiger partial charge in [-0.25, -0.2) is 0 Å². The van der Waals surface area contributed by atoms with Gasteiger partial charge in [-0.2, -0.15) is 0 Å². The quantitative estimate of drug-likeness (QED) is 0.313. The lowest BCUT2D eigenvalue weighted by atomic mass is 9.56. The minimum Gasteiger partial charge on any atom is -0.484 e. The summed E-state index contributed by atoms with van der Waals surface area (Å²) in [6.45, 7) is 0. The number of hydrogen-bond donors (Lipinski definition) is 0. The molecular formula is C46H44O. The Kier molecular flexibility index (Phi) is 6.70. The van der Waals surface area contributed by atoms with Gasteiger partial charge in [-0.15, -0.1) is 0 Å². The molecule has 0 radical (unpaired) electrons. The highest BCUT2D eigenvalue weighted by Crippen LogP contribution is 2.60. The number of fused-ring (bicyclic) bond motifs is 7. The van der Waals surface area contributed by atoms with Gasteiger partial charge >= 0.3 is 0 Å². The molecule has 0 spiro atoms. The van der Waals surface area contributed by atoms with E-state index in [1.54, 1.807) is 27.9 Å². The number of rotatable bonds is 3.